The molecule has 3 aromatic carbocycles. The Labute approximate surface area is 186 Å². The van der Waals surface area contributed by atoms with Crippen molar-refractivity contribution in [2.24, 2.45) is 5.10 Å². The van der Waals surface area contributed by atoms with Gasteiger partial charge < -0.3 is 9.72 Å². The van der Waals surface area contributed by atoms with Crippen molar-refractivity contribution in [1.29, 1.82) is 0 Å². The summed E-state index contributed by atoms with van der Waals surface area (Å²) in [6, 6.07) is 24.0. The van der Waals surface area contributed by atoms with Crippen LogP contribution in [-0.2, 0) is 4.79 Å². The highest BCUT2D eigenvalue weighted by atomic mass is 16.5. The van der Waals surface area contributed by atoms with Gasteiger partial charge in [0.25, 0.3) is 0 Å². The molecule has 0 amide bonds. The molecule has 0 bridgehead atoms. The Morgan fingerprint density at radius 1 is 1.00 bits per heavy atom. The van der Waals surface area contributed by atoms with E-state index in [9.17, 15) is 4.79 Å². The molecule has 1 unspecified atom stereocenters. The maximum absolute atomic E-state index is 12.8. The number of methoxy groups -OCH3 is 1. The first-order valence-corrected chi connectivity index (χ1v) is 10.5. The van der Waals surface area contributed by atoms with Gasteiger partial charge in [0.05, 0.1) is 12.8 Å². The zero-order valence-electron chi connectivity index (χ0n) is 18.2. The van der Waals surface area contributed by atoms with Crippen molar-refractivity contribution in [2.45, 2.75) is 20.0 Å². The number of carbonyl (C=O) groups excluding carboxylic acids is 1. The van der Waals surface area contributed by atoms with Gasteiger partial charge in [0.15, 0.2) is 17.8 Å². The van der Waals surface area contributed by atoms with E-state index in [1.807, 2.05) is 70.7 Å². The second-order valence-corrected chi connectivity index (χ2v) is 7.84. The summed E-state index contributed by atoms with van der Waals surface area (Å²) in [6.07, 6.45) is 1.68. The molecule has 5 rings (SSSR count). The summed E-state index contributed by atoms with van der Waals surface area (Å²) in [7, 11) is 1.64. The molecular weight excluding hydrogens is 400 g/mol. The summed E-state index contributed by atoms with van der Waals surface area (Å²) in [5.74, 6) is 1.09. The number of H-pyrrole nitrogens is 1. The molecule has 1 aliphatic rings. The lowest BCUT2D eigenvalue weighted by molar-refractivity contribution is -0.111. The Morgan fingerprint density at radius 2 is 1.72 bits per heavy atom. The molecule has 0 saturated carbocycles. The van der Waals surface area contributed by atoms with Gasteiger partial charge in [-0.2, -0.15) is 0 Å². The first kappa shape index (κ1) is 19.9. The average molecular weight is 425 g/mol. The lowest BCUT2D eigenvalue weighted by Gasteiger charge is -2.32. The largest absolute Gasteiger partial charge is 0.497 e. The highest BCUT2D eigenvalue weighted by Gasteiger charge is 2.40. The smallest absolute Gasteiger partial charge is 0.198 e. The van der Waals surface area contributed by atoms with E-state index in [4.69, 9.17) is 9.84 Å². The van der Waals surface area contributed by atoms with Crippen molar-refractivity contribution in [3.05, 3.63) is 90.1 Å². The third-order valence-electron chi connectivity index (χ3n) is 5.83. The maximum atomic E-state index is 12.8. The number of ketones is 1. The number of nitrogens with zero attached hydrogens (tertiary/aromatic N) is 3. The van der Waals surface area contributed by atoms with Crippen molar-refractivity contribution < 1.29 is 9.53 Å². The second kappa shape index (κ2) is 7.89. The molecular formula is C26H24N4O2. The fourth-order valence-corrected chi connectivity index (χ4v) is 4.26. The fourth-order valence-electron chi connectivity index (χ4n) is 4.26. The minimum absolute atomic E-state index is 0.0888. The highest BCUT2D eigenvalue weighted by molar-refractivity contribution is 6.44. The second-order valence-electron chi connectivity index (χ2n) is 7.84. The summed E-state index contributed by atoms with van der Waals surface area (Å²) < 4.78 is 5.33. The number of aryl methyl sites for hydroxylation is 1. The number of rotatable bonds is 5. The van der Waals surface area contributed by atoms with Crippen molar-refractivity contribution >= 4 is 33.9 Å². The quantitative estimate of drug-likeness (QED) is 0.465. The van der Waals surface area contributed by atoms with Crippen LogP contribution in [0, 0.1) is 6.92 Å². The number of carbonyl (C=O) groups is 1. The molecule has 32 heavy (non-hydrogen) atoms. The Kier molecular flexibility index (Phi) is 4.90. The van der Waals surface area contributed by atoms with Crippen molar-refractivity contribution in [3.63, 3.8) is 0 Å². The van der Waals surface area contributed by atoms with Gasteiger partial charge in [-0.1, -0.05) is 36.4 Å². The van der Waals surface area contributed by atoms with Crippen LogP contribution >= 0.6 is 0 Å². The van der Waals surface area contributed by atoms with Crippen LogP contribution in [0.15, 0.2) is 84.1 Å². The third-order valence-corrected chi connectivity index (χ3v) is 5.83. The summed E-state index contributed by atoms with van der Waals surface area (Å²) in [4.78, 5) is 18.2. The van der Waals surface area contributed by atoms with Gasteiger partial charge in [-0.05, 0) is 48.9 Å². The Bertz CT molecular complexity index is 1320. The molecule has 1 aliphatic heterocycles. The first-order valence-electron chi connectivity index (χ1n) is 10.5. The van der Waals surface area contributed by atoms with Gasteiger partial charge in [-0.15, -0.1) is 5.10 Å². The lowest BCUT2D eigenvalue weighted by atomic mass is 10.1. The van der Waals surface area contributed by atoms with E-state index in [-0.39, 0.29) is 11.9 Å². The van der Waals surface area contributed by atoms with Crippen LogP contribution in [0.2, 0.25) is 0 Å². The molecule has 0 radical (unpaired) electrons. The molecule has 1 atom stereocenters. The van der Waals surface area contributed by atoms with E-state index < -0.39 is 0 Å². The predicted octanol–water partition coefficient (Wildman–Crippen LogP) is 5.41. The molecule has 0 fully saturated rings. The molecule has 160 valence electrons. The van der Waals surface area contributed by atoms with Crippen molar-refractivity contribution in [3.8, 4) is 5.75 Å². The highest BCUT2D eigenvalue weighted by Crippen LogP contribution is 2.42. The monoisotopic (exact) mass is 424 g/mol. The zero-order chi connectivity index (χ0) is 22.2. The number of anilines is 2. The topological polar surface area (TPSA) is 60.9 Å². The van der Waals surface area contributed by atoms with E-state index in [0.717, 1.165) is 39.2 Å². The van der Waals surface area contributed by atoms with E-state index in [0.29, 0.717) is 5.84 Å². The number of para-hydroxylation sites is 2. The average Bonchev–Trinajstić information content (AvgIpc) is 3.41. The minimum Gasteiger partial charge on any atom is -0.497 e. The number of Topliss-reactive ketones (excluding diaryl/α,β-unsaturated/α-hetero) is 1. The van der Waals surface area contributed by atoms with Crippen molar-refractivity contribution in [2.75, 3.05) is 17.0 Å². The zero-order valence-corrected chi connectivity index (χ0v) is 18.2. The number of fused-ring (bicyclic) bond motifs is 1. The molecule has 4 aromatic rings. The SMILES string of the molecule is COc1ccc(N2N=C(C(C)=O)N(c3ccccc3C)C2c2c[nH]c3ccccc23)cc1. The predicted molar refractivity (Wildman–Crippen MR) is 128 cm³/mol. The minimum atomic E-state index is -0.334. The van der Waals surface area contributed by atoms with Crippen LogP contribution in [0.4, 0.5) is 11.4 Å². The van der Waals surface area contributed by atoms with Crippen LogP contribution in [0.5, 0.6) is 5.75 Å². The molecule has 0 aliphatic carbocycles. The molecule has 2 heterocycles. The molecule has 0 spiro atoms. The number of aromatic nitrogens is 1. The number of ether oxygens (including phenoxy) is 1. The number of hydrogen-bond donors (Lipinski definition) is 1. The van der Waals surface area contributed by atoms with Gasteiger partial charge in [-0.3, -0.25) is 9.69 Å². The van der Waals surface area contributed by atoms with E-state index in [1.165, 1.54) is 0 Å². The summed E-state index contributed by atoms with van der Waals surface area (Å²) in [5, 5.41) is 7.84. The van der Waals surface area contributed by atoms with Crippen LogP contribution in [0.1, 0.15) is 24.2 Å². The number of amidine groups is 1. The van der Waals surface area contributed by atoms with E-state index >= 15 is 0 Å². The molecule has 1 N–H and O–H groups in total. The summed E-state index contributed by atoms with van der Waals surface area (Å²) in [6.45, 7) is 3.61. The number of nitrogens with one attached hydrogen (secondary N) is 1. The van der Waals surface area contributed by atoms with Gasteiger partial charge in [0.2, 0.25) is 0 Å². The summed E-state index contributed by atoms with van der Waals surface area (Å²) in [5.41, 5.74) is 4.98. The van der Waals surface area contributed by atoms with Gasteiger partial charge >= 0.3 is 0 Å². The number of aromatic amines is 1. The van der Waals surface area contributed by atoms with Gasteiger partial charge in [-0.25, -0.2) is 5.01 Å². The van der Waals surface area contributed by atoms with Crippen molar-refractivity contribution in [1.82, 2.24) is 4.98 Å². The van der Waals surface area contributed by atoms with Crippen LogP contribution < -0.4 is 14.6 Å². The van der Waals surface area contributed by atoms with Gasteiger partial charge in [0.1, 0.15) is 5.75 Å². The van der Waals surface area contributed by atoms with Crippen LogP contribution in [0.3, 0.4) is 0 Å². The Hall–Kier alpha value is -4.06. The Morgan fingerprint density at radius 3 is 2.44 bits per heavy atom. The molecule has 6 heteroatoms. The van der Waals surface area contributed by atoms with E-state index in [1.54, 1.807) is 14.0 Å². The van der Waals surface area contributed by atoms with Crippen LogP contribution in [0.25, 0.3) is 10.9 Å². The fraction of sp³-hybridized carbons (Fsp3) is 0.154. The molecule has 0 saturated heterocycles. The lowest BCUT2D eigenvalue weighted by Crippen LogP contribution is -2.38. The first-order chi connectivity index (χ1) is 15.6. The number of benzene rings is 3. The molecule has 1 aromatic heterocycles. The number of hydrazone groups is 1. The normalized spacial score (nSPS) is 15.8. The number of hydrogen-bond acceptors (Lipinski definition) is 5. The van der Waals surface area contributed by atoms with Gasteiger partial charge in [0, 0.05) is 35.3 Å². The standard InChI is InChI=1S/C26H24N4O2/c1-17-8-4-7-11-24(17)29-25(18(2)31)28-30(19-12-14-20(32-3)15-13-19)26(29)22-16-27-23-10-6-5-9-21(22)23/h4-16,26-27H,1-3H3. The molecule has 6 nitrogen and oxygen atoms in total. The van der Waals surface area contributed by atoms with E-state index in [2.05, 4.69) is 30.1 Å². The van der Waals surface area contributed by atoms with Crippen LogP contribution in [-0.4, -0.2) is 23.7 Å². The Balaban J connectivity index is 1.74. The maximum Gasteiger partial charge on any atom is 0.198 e. The third kappa shape index (κ3) is 3.21. The summed E-state index contributed by atoms with van der Waals surface area (Å²) >= 11 is 0.